The van der Waals surface area contributed by atoms with Crippen molar-refractivity contribution in [3.63, 3.8) is 0 Å². The lowest BCUT2D eigenvalue weighted by Crippen LogP contribution is -2.55. The van der Waals surface area contributed by atoms with Crippen LogP contribution in [0, 0.1) is 5.41 Å². The topological polar surface area (TPSA) is 58.7 Å². The van der Waals surface area contributed by atoms with Crippen LogP contribution in [0.15, 0.2) is 0 Å². The van der Waals surface area contributed by atoms with Gasteiger partial charge in [0.25, 0.3) is 0 Å². The number of rotatable bonds is 3. The molecule has 0 aromatic carbocycles. The fourth-order valence-corrected chi connectivity index (χ4v) is 2.19. The zero-order chi connectivity index (χ0) is 11.5. The average molecular weight is 216 g/mol. The normalized spacial score (nSPS) is 26.6. The predicted octanol–water partition coefficient (Wildman–Crippen LogP) is 0.0529. The van der Waals surface area contributed by atoms with E-state index in [-0.39, 0.29) is 18.1 Å². The fourth-order valence-electron chi connectivity index (χ4n) is 2.19. The molecule has 1 saturated heterocycles. The van der Waals surface area contributed by atoms with Gasteiger partial charge in [-0.3, -0.25) is 4.90 Å². The second-order valence-corrected chi connectivity index (χ2v) is 5.29. The zero-order valence-electron chi connectivity index (χ0n) is 10.1. The van der Waals surface area contributed by atoms with Crippen molar-refractivity contribution >= 4 is 0 Å². The Labute approximate surface area is 92.4 Å². The van der Waals surface area contributed by atoms with Crippen LogP contribution in [0.2, 0.25) is 0 Å². The molecule has 2 atom stereocenters. The van der Waals surface area contributed by atoms with Gasteiger partial charge in [-0.25, -0.2) is 0 Å². The SMILES string of the molecule is CC(C)(C)C(CN)N1CCOC(CO)C1. The summed E-state index contributed by atoms with van der Waals surface area (Å²) >= 11 is 0. The molecule has 1 heterocycles. The largest absolute Gasteiger partial charge is 0.394 e. The molecule has 0 aromatic heterocycles. The number of aliphatic hydroxyl groups excluding tert-OH is 1. The first-order valence-corrected chi connectivity index (χ1v) is 5.65. The van der Waals surface area contributed by atoms with Crippen molar-refractivity contribution in [1.29, 1.82) is 0 Å². The zero-order valence-corrected chi connectivity index (χ0v) is 10.1. The van der Waals surface area contributed by atoms with Crippen molar-refractivity contribution in [3.05, 3.63) is 0 Å². The summed E-state index contributed by atoms with van der Waals surface area (Å²) in [6.45, 7) is 9.75. The van der Waals surface area contributed by atoms with Gasteiger partial charge in [0.2, 0.25) is 0 Å². The fraction of sp³-hybridized carbons (Fsp3) is 1.00. The van der Waals surface area contributed by atoms with Crippen LogP contribution in [-0.4, -0.2) is 55.0 Å². The molecule has 1 rings (SSSR count). The van der Waals surface area contributed by atoms with E-state index >= 15 is 0 Å². The molecule has 0 aromatic rings. The molecule has 2 unspecified atom stereocenters. The molecule has 15 heavy (non-hydrogen) atoms. The molecule has 0 aliphatic carbocycles. The van der Waals surface area contributed by atoms with Crippen molar-refractivity contribution < 1.29 is 9.84 Å². The molecular formula is C11H24N2O2. The summed E-state index contributed by atoms with van der Waals surface area (Å²) in [7, 11) is 0. The van der Waals surface area contributed by atoms with Crippen molar-refractivity contribution in [2.75, 3.05) is 32.8 Å². The number of ether oxygens (including phenoxy) is 1. The summed E-state index contributed by atoms with van der Waals surface area (Å²) < 4.78 is 5.43. The van der Waals surface area contributed by atoms with E-state index in [1.54, 1.807) is 0 Å². The van der Waals surface area contributed by atoms with Gasteiger partial charge in [-0.1, -0.05) is 20.8 Å². The van der Waals surface area contributed by atoms with Crippen molar-refractivity contribution in [3.8, 4) is 0 Å². The van der Waals surface area contributed by atoms with Crippen molar-refractivity contribution in [1.82, 2.24) is 4.90 Å². The van der Waals surface area contributed by atoms with Gasteiger partial charge < -0.3 is 15.6 Å². The molecular weight excluding hydrogens is 192 g/mol. The highest BCUT2D eigenvalue weighted by atomic mass is 16.5. The van der Waals surface area contributed by atoms with E-state index in [2.05, 4.69) is 25.7 Å². The minimum absolute atomic E-state index is 0.0462. The van der Waals surface area contributed by atoms with Crippen molar-refractivity contribution in [2.45, 2.75) is 32.9 Å². The third kappa shape index (κ3) is 3.41. The van der Waals surface area contributed by atoms with Gasteiger partial charge in [0.1, 0.15) is 0 Å². The molecule has 0 saturated carbocycles. The van der Waals surface area contributed by atoms with Crippen LogP contribution in [0.1, 0.15) is 20.8 Å². The maximum Gasteiger partial charge on any atom is 0.0933 e. The van der Waals surface area contributed by atoms with Crippen LogP contribution in [0.5, 0.6) is 0 Å². The van der Waals surface area contributed by atoms with E-state index in [0.717, 1.165) is 13.1 Å². The van der Waals surface area contributed by atoms with E-state index in [9.17, 15) is 0 Å². The van der Waals surface area contributed by atoms with E-state index < -0.39 is 0 Å². The van der Waals surface area contributed by atoms with E-state index in [4.69, 9.17) is 15.6 Å². The Morgan fingerprint density at radius 1 is 1.53 bits per heavy atom. The first kappa shape index (κ1) is 12.9. The molecule has 0 spiro atoms. The summed E-state index contributed by atoms with van der Waals surface area (Å²) in [6.07, 6.45) is -0.0462. The Hall–Kier alpha value is -0.160. The molecule has 1 aliphatic rings. The van der Waals surface area contributed by atoms with Crippen LogP contribution in [0.3, 0.4) is 0 Å². The van der Waals surface area contributed by atoms with Gasteiger partial charge >= 0.3 is 0 Å². The molecule has 0 radical (unpaired) electrons. The lowest BCUT2D eigenvalue weighted by atomic mass is 9.85. The van der Waals surface area contributed by atoms with E-state index in [1.807, 2.05) is 0 Å². The van der Waals surface area contributed by atoms with Gasteiger partial charge in [-0.2, -0.15) is 0 Å². The van der Waals surface area contributed by atoms with Crippen LogP contribution in [0.4, 0.5) is 0 Å². The third-order valence-electron chi connectivity index (χ3n) is 3.04. The average Bonchev–Trinajstić information content (AvgIpc) is 2.17. The number of morpholine rings is 1. The summed E-state index contributed by atoms with van der Waals surface area (Å²) in [4.78, 5) is 2.34. The number of hydrogen-bond acceptors (Lipinski definition) is 4. The number of aliphatic hydroxyl groups is 1. The maximum absolute atomic E-state index is 9.08. The molecule has 1 fully saturated rings. The highest BCUT2D eigenvalue weighted by molar-refractivity contribution is 4.86. The molecule has 3 N–H and O–H groups in total. The standard InChI is InChI=1S/C11H24N2O2/c1-11(2,3)10(6-12)13-4-5-15-9(7-13)8-14/h9-10,14H,4-8,12H2,1-3H3. The third-order valence-corrected chi connectivity index (χ3v) is 3.04. The van der Waals surface area contributed by atoms with E-state index in [0.29, 0.717) is 19.2 Å². The smallest absolute Gasteiger partial charge is 0.0933 e. The Bertz CT molecular complexity index is 192. The predicted molar refractivity (Wildman–Crippen MR) is 60.7 cm³/mol. The molecule has 4 nitrogen and oxygen atoms in total. The monoisotopic (exact) mass is 216 g/mol. The summed E-state index contributed by atoms with van der Waals surface area (Å²) in [5, 5.41) is 9.08. The number of hydrogen-bond donors (Lipinski definition) is 2. The lowest BCUT2D eigenvalue weighted by Gasteiger charge is -2.43. The maximum atomic E-state index is 9.08. The first-order valence-electron chi connectivity index (χ1n) is 5.65. The van der Waals surface area contributed by atoms with Crippen LogP contribution in [-0.2, 0) is 4.74 Å². The summed E-state index contributed by atoms with van der Waals surface area (Å²) in [5.41, 5.74) is 6.00. The van der Waals surface area contributed by atoms with Gasteiger partial charge in [-0.15, -0.1) is 0 Å². The highest BCUT2D eigenvalue weighted by Gasteiger charge is 2.32. The second kappa shape index (κ2) is 5.25. The minimum Gasteiger partial charge on any atom is -0.394 e. The van der Waals surface area contributed by atoms with Gasteiger partial charge in [0, 0.05) is 25.7 Å². The van der Waals surface area contributed by atoms with Crippen LogP contribution in [0.25, 0.3) is 0 Å². The Kier molecular flexibility index (Phi) is 4.52. The highest BCUT2D eigenvalue weighted by Crippen LogP contribution is 2.25. The van der Waals surface area contributed by atoms with Gasteiger partial charge in [0.05, 0.1) is 19.3 Å². The number of nitrogens with zero attached hydrogens (tertiary/aromatic N) is 1. The molecule has 4 heteroatoms. The van der Waals surface area contributed by atoms with Crippen LogP contribution >= 0.6 is 0 Å². The quantitative estimate of drug-likeness (QED) is 0.700. The molecule has 0 bridgehead atoms. The second-order valence-electron chi connectivity index (χ2n) is 5.29. The first-order chi connectivity index (χ1) is 6.99. The summed E-state index contributed by atoms with van der Waals surface area (Å²) in [5.74, 6) is 0. The minimum atomic E-state index is -0.0462. The van der Waals surface area contributed by atoms with E-state index in [1.165, 1.54) is 0 Å². The van der Waals surface area contributed by atoms with Crippen molar-refractivity contribution in [2.24, 2.45) is 11.1 Å². The van der Waals surface area contributed by atoms with Crippen LogP contribution < -0.4 is 5.73 Å². The lowest BCUT2D eigenvalue weighted by molar-refractivity contribution is -0.0764. The Balaban J connectivity index is 2.60. The Morgan fingerprint density at radius 2 is 2.20 bits per heavy atom. The summed E-state index contributed by atoms with van der Waals surface area (Å²) in [6, 6.07) is 0.357. The Morgan fingerprint density at radius 3 is 2.67 bits per heavy atom. The molecule has 90 valence electrons. The van der Waals surface area contributed by atoms with Gasteiger partial charge in [0.15, 0.2) is 0 Å². The number of nitrogens with two attached hydrogens (primary N) is 1. The van der Waals surface area contributed by atoms with Gasteiger partial charge in [-0.05, 0) is 5.41 Å². The molecule has 1 aliphatic heterocycles. The molecule has 0 amide bonds.